The third-order valence-corrected chi connectivity index (χ3v) is 1.64. The number of nitrogens with zero attached hydrogens (tertiary/aromatic N) is 1. The summed E-state index contributed by atoms with van der Waals surface area (Å²) in [5.41, 5.74) is 0.892. The van der Waals surface area contributed by atoms with E-state index in [0.29, 0.717) is 6.42 Å². The maximum Gasteiger partial charge on any atom is 0.174 e. The summed E-state index contributed by atoms with van der Waals surface area (Å²) in [7, 11) is 0. The molecule has 1 aromatic heterocycles. The molecule has 0 spiro atoms. The van der Waals surface area contributed by atoms with Gasteiger partial charge in [-0.05, 0) is 6.07 Å². The largest absolute Gasteiger partial charge is 0.485 e. The van der Waals surface area contributed by atoms with E-state index in [9.17, 15) is 4.79 Å². The molecule has 1 aliphatic heterocycles. The van der Waals surface area contributed by atoms with Crippen molar-refractivity contribution >= 4 is 5.78 Å². The predicted octanol–water partition coefficient (Wildman–Crippen LogP) is 0.586. The maximum absolute atomic E-state index is 10.9. The molecule has 2 rings (SSSR count). The number of pyridine rings is 1. The SMILES string of the molecule is O=C1COc2ccncc2C1. The molecular weight excluding hydrogens is 142 g/mol. The van der Waals surface area contributed by atoms with Gasteiger partial charge in [0.15, 0.2) is 5.78 Å². The number of Topliss-reactive ketones (excluding diaryl/α,β-unsaturated/α-hetero) is 1. The van der Waals surface area contributed by atoms with E-state index in [4.69, 9.17) is 4.74 Å². The van der Waals surface area contributed by atoms with Crippen LogP contribution in [0.2, 0.25) is 0 Å². The lowest BCUT2D eigenvalue weighted by Crippen LogP contribution is -2.20. The third-order valence-electron chi connectivity index (χ3n) is 1.64. The minimum absolute atomic E-state index is 0.116. The van der Waals surface area contributed by atoms with E-state index in [1.165, 1.54) is 0 Å². The van der Waals surface area contributed by atoms with Gasteiger partial charge in [0.1, 0.15) is 12.4 Å². The standard InChI is InChI=1S/C8H7NO2/c10-7-3-6-4-9-2-1-8(6)11-5-7/h1-2,4H,3,5H2. The van der Waals surface area contributed by atoms with E-state index in [1.807, 2.05) is 0 Å². The first kappa shape index (κ1) is 6.34. The molecule has 0 radical (unpaired) electrons. The van der Waals surface area contributed by atoms with Crippen LogP contribution in [-0.4, -0.2) is 17.4 Å². The Kier molecular flexibility index (Phi) is 1.35. The van der Waals surface area contributed by atoms with E-state index >= 15 is 0 Å². The highest BCUT2D eigenvalue weighted by Crippen LogP contribution is 2.20. The molecule has 0 N–H and O–H groups in total. The molecule has 3 heteroatoms. The number of fused-ring (bicyclic) bond motifs is 1. The fourth-order valence-electron chi connectivity index (χ4n) is 1.11. The summed E-state index contributed by atoms with van der Waals surface area (Å²) in [6, 6.07) is 1.78. The lowest BCUT2D eigenvalue weighted by Gasteiger charge is -2.14. The van der Waals surface area contributed by atoms with Gasteiger partial charge in [-0.2, -0.15) is 0 Å². The number of carbonyl (C=O) groups is 1. The second kappa shape index (κ2) is 2.34. The molecule has 3 nitrogen and oxygen atoms in total. The molecule has 0 amide bonds. The minimum Gasteiger partial charge on any atom is -0.485 e. The second-order valence-corrected chi connectivity index (χ2v) is 2.49. The van der Waals surface area contributed by atoms with Gasteiger partial charge in [0, 0.05) is 24.4 Å². The zero-order chi connectivity index (χ0) is 7.68. The summed E-state index contributed by atoms with van der Waals surface area (Å²) in [5.74, 6) is 0.908. The summed E-state index contributed by atoms with van der Waals surface area (Å²) in [4.78, 5) is 14.8. The second-order valence-electron chi connectivity index (χ2n) is 2.49. The van der Waals surface area contributed by atoms with Crippen molar-refractivity contribution in [3.63, 3.8) is 0 Å². The van der Waals surface area contributed by atoms with Gasteiger partial charge in [-0.3, -0.25) is 9.78 Å². The van der Waals surface area contributed by atoms with Gasteiger partial charge in [-0.15, -0.1) is 0 Å². The predicted molar refractivity (Wildman–Crippen MR) is 38.4 cm³/mol. The third kappa shape index (κ3) is 1.09. The molecule has 0 aliphatic carbocycles. The number of ketones is 1. The van der Waals surface area contributed by atoms with Gasteiger partial charge in [0.2, 0.25) is 0 Å². The van der Waals surface area contributed by atoms with Gasteiger partial charge in [0.05, 0.1) is 0 Å². The maximum atomic E-state index is 10.9. The topological polar surface area (TPSA) is 39.2 Å². The van der Waals surface area contributed by atoms with E-state index in [-0.39, 0.29) is 12.4 Å². The number of aromatic nitrogens is 1. The van der Waals surface area contributed by atoms with Crippen molar-refractivity contribution in [1.29, 1.82) is 0 Å². The van der Waals surface area contributed by atoms with Crippen molar-refractivity contribution in [2.24, 2.45) is 0 Å². The highest BCUT2D eigenvalue weighted by Gasteiger charge is 2.15. The number of hydrogen-bond donors (Lipinski definition) is 0. The van der Waals surface area contributed by atoms with Crippen molar-refractivity contribution < 1.29 is 9.53 Å². The lowest BCUT2D eigenvalue weighted by molar-refractivity contribution is -0.121. The quantitative estimate of drug-likeness (QED) is 0.541. The van der Waals surface area contributed by atoms with E-state index in [0.717, 1.165) is 11.3 Å². The number of carbonyl (C=O) groups excluding carboxylic acids is 1. The molecule has 0 fully saturated rings. The summed E-state index contributed by atoms with van der Waals surface area (Å²) in [6.07, 6.45) is 3.80. The molecule has 0 saturated heterocycles. The molecule has 1 aliphatic rings. The van der Waals surface area contributed by atoms with Crippen molar-refractivity contribution in [3.8, 4) is 5.75 Å². The van der Waals surface area contributed by atoms with Gasteiger partial charge in [-0.1, -0.05) is 0 Å². The van der Waals surface area contributed by atoms with Crippen LogP contribution in [0.3, 0.4) is 0 Å². The van der Waals surface area contributed by atoms with Crippen molar-refractivity contribution in [2.45, 2.75) is 6.42 Å². The molecule has 0 saturated carbocycles. The van der Waals surface area contributed by atoms with Crippen LogP contribution in [0.5, 0.6) is 5.75 Å². The lowest BCUT2D eigenvalue weighted by atomic mass is 10.1. The van der Waals surface area contributed by atoms with Gasteiger partial charge in [0.25, 0.3) is 0 Å². The zero-order valence-electron chi connectivity index (χ0n) is 5.91. The molecule has 0 bridgehead atoms. The Morgan fingerprint density at radius 1 is 1.55 bits per heavy atom. The zero-order valence-corrected chi connectivity index (χ0v) is 5.91. The Hall–Kier alpha value is -1.38. The van der Waals surface area contributed by atoms with Crippen LogP contribution < -0.4 is 4.74 Å². The van der Waals surface area contributed by atoms with Crippen molar-refractivity contribution in [3.05, 3.63) is 24.0 Å². The van der Waals surface area contributed by atoms with Crippen LogP contribution in [0.1, 0.15) is 5.56 Å². The molecule has 0 aromatic carbocycles. The first-order valence-corrected chi connectivity index (χ1v) is 3.43. The van der Waals surface area contributed by atoms with Gasteiger partial charge in [-0.25, -0.2) is 0 Å². The molecule has 2 heterocycles. The number of ether oxygens (including phenoxy) is 1. The van der Waals surface area contributed by atoms with Gasteiger partial charge < -0.3 is 4.74 Å². The number of hydrogen-bond acceptors (Lipinski definition) is 3. The molecule has 1 aromatic rings. The Bertz CT molecular complexity index is 296. The van der Waals surface area contributed by atoms with Crippen molar-refractivity contribution in [2.75, 3.05) is 6.61 Å². The fraction of sp³-hybridized carbons (Fsp3) is 0.250. The van der Waals surface area contributed by atoms with Crippen LogP contribution in [0.15, 0.2) is 18.5 Å². The summed E-state index contributed by atoms with van der Waals surface area (Å²) < 4.78 is 5.15. The van der Waals surface area contributed by atoms with E-state index in [2.05, 4.69) is 4.98 Å². The Balaban J connectivity index is 2.41. The summed E-state index contributed by atoms with van der Waals surface area (Å²) in [6.45, 7) is 0.205. The highest BCUT2D eigenvalue weighted by atomic mass is 16.5. The first-order valence-electron chi connectivity index (χ1n) is 3.43. The van der Waals surface area contributed by atoms with E-state index in [1.54, 1.807) is 18.5 Å². The highest BCUT2D eigenvalue weighted by molar-refractivity contribution is 5.84. The van der Waals surface area contributed by atoms with Crippen LogP contribution in [0.4, 0.5) is 0 Å². The molecule has 56 valence electrons. The average Bonchev–Trinajstić information content (AvgIpc) is 2.04. The van der Waals surface area contributed by atoms with Crippen LogP contribution in [0.25, 0.3) is 0 Å². The average molecular weight is 149 g/mol. The Labute approximate surface area is 64.0 Å². The number of rotatable bonds is 0. The van der Waals surface area contributed by atoms with Crippen LogP contribution >= 0.6 is 0 Å². The van der Waals surface area contributed by atoms with Crippen LogP contribution in [-0.2, 0) is 11.2 Å². The molecule has 0 unspecified atom stereocenters. The van der Waals surface area contributed by atoms with Crippen molar-refractivity contribution in [1.82, 2.24) is 4.98 Å². The fourth-order valence-corrected chi connectivity index (χ4v) is 1.11. The Morgan fingerprint density at radius 2 is 2.45 bits per heavy atom. The minimum atomic E-state index is 0.116. The molecule has 0 atom stereocenters. The van der Waals surface area contributed by atoms with Crippen LogP contribution in [0, 0.1) is 0 Å². The Morgan fingerprint density at radius 3 is 3.36 bits per heavy atom. The summed E-state index contributed by atoms with van der Waals surface area (Å²) in [5, 5.41) is 0. The smallest absolute Gasteiger partial charge is 0.174 e. The molecular formula is C8H7NO2. The van der Waals surface area contributed by atoms with Gasteiger partial charge >= 0.3 is 0 Å². The normalized spacial score (nSPS) is 15.5. The monoisotopic (exact) mass is 149 g/mol. The van der Waals surface area contributed by atoms with E-state index < -0.39 is 0 Å². The molecule has 11 heavy (non-hydrogen) atoms. The first-order chi connectivity index (χ1) is 5.36. The summed E-state index contributed by atoms with van der Waals surface area (Å²) >= 11 is 0.